The van der Waals surface area contributed by atoms with Crippen LogP contribution < -0.4 is 5.32 Å². The summed E-state index contributed by atoms with van der Waals surface area (Å²) in [6.07, 6.45) is 1.93. The van der Waals surface area contributed by atoms with Crippen LogP contribution in [0.2, 0.25) is 0 Å². The molecule has 0 saturated carbocycles. The van der Waals surface area contributed by atoms with Gasteiger partial charge in [-0.15, -0.1) is 0 Å². The van der Waals surface area contributed by atoms with Crippen molar-refractivity contribution in [3.05, 3.63) is 16.4 Å². The first-order valence-electron chi connectivity index (χ1n) is 5.40. The van der Waals surface area contributed by atoms with Gasteiger partial charge in [-0.2, -0.15) is 5.10 Å². The molecular formula is C11H20BrN3O. The number of halogens is 1. The summed E-state index contributed by atoms with van der Waals surface area (Å²) < 4.78 is 8.46. The van der Waals surface area contributed by atoms with Gasteiger partial charge < -0.3 is 10.1 Å². The minimum Gasteiger partial charge on any atom is -0.379 e. The van der Waals surface area contributed by atoms with E-state index in [4.69, 9.17) is 4.74 Å². The van der Waals surface area contributed by atoms with Crippen molar-refractivity contribution >= 4 is 15.9 Å². The Kier molecular flexibility index (Phi) is 4.95. The highest BCUT2D eigenvalue weighted by Gasteiger charge is 2.28. The average molecular weight is 290 g/mol. The Hall–Kier alpha value is -0.390. The van der Waals surface area contributed by atoms with E-state index in [9.17, 15) is 0 Å². The monoisotopic (exact) mass is 289 g/mol. The summed E-state index contributed by atoms with van der Waals surface area (Å²) in [5.41, 5.74) is 1.11. The van der Waals surface area contributed by atoms with Gasteiger partial charge in [0.2, 0.25) is 0 Å². The van der Waals surface area contributed by atoms with Crippen molar-refractivity contribution in [2.24, 2.45) is 13.0 Å². The smallest absolute Gasteiger partial charge is 0.0804 e. The van der Waals surface area contributed by atoms with Crippen LogP contribution in [0.1, 0.15) is 25.6 Å². The van der Waals surface area contributed by atoms with E-state index in [1.54, 1.807) is 7.11 Å². The second kappa shape index (κ2) is 5.80. The SMILES string of the molecule is CNC(c1c(Br)cnn1C)C(OC)C(C)C. The second-order valence-electron chi connectivity index (χ2n) is 4.21. The lowest BCUT2D eigenvalue weighted by molar-refractivity contribution is 0.0324. The van der Waals surface area contributed by atoms with Gasteiger partial charge in [-0.3, -0.25) is 4.68 Å². The van der Waals surface area contributed by atoms with Gasteiger partial charge in [0.25, 0.3) is 0 Å². The van der Waals surface area contributed by atoms with Gasteiger partial charge >= 0.3 is 0 Å². The molecule has 0 amide bonds. The molecule has 0 spiro atoms. The number of ether oxygens (including phenoxy) is 1. The molecule has 1 N–H and O–H groups in total. The number of hydrogen-bond acceptors (Lipinski definition) is 3. The first-order valence-corrected chi connectivity index (χ1v) is 6.19. The van der Waals surface area contributed by atoms with Crippen molar-refractivity contribution in [3.63, 3.8) is 0 Å². The van der Waals surface area contributed by atoms with Gasteiger partial charge in [-0.1, -0.05) is 13.8 Å². The summed E-state index contributed by atoms with van der Waals surface area (Å²) >= 11 is 3.53. The maximum absolute atomic E-state index is 5.57. The van der Waals surface area contributed by atoms with Crippen molar-refractivity contribution in [1.29, 1.82) is 0 Å². The Morgan fingerprint density at radius 2 is 2.12 bits per heavy atom. The van der Waals surface area contributed by atoms with Gasteiger partial charge in [0.05, 0.1) is 28.5 Å². The van der Waals surface area contributed by atoms with Crippen molar-refractivity contribution in [2.45, 2.75) is 26.0 Å². The number of hydrogen-bond donors (Lipinski definition) is 1. The van der Waals surface area contributed by atoms with Crippen LogP contribution in [0.25, 0.3) is 0 Å². The van der Waals surface area contributed by atoms with Crippen molar-refractivity contribution < 1.29 is 4.74 Å². The van der Waals surface area contributed by atoms with Crippen molar-refractivity contribution in [3.8, 4) is 0 Å². The number of rotatable bonds is 5. The summed E-state index contributed by atoms with van der Waals surface area (Å²) in [4.78, 5) is 0. The van der Waals surface area contributed by atoms with Gasteiger partial charge in [0.1, 0.15) is 0 Å². The van der Waals surface area contributed by atoms with E-state index in [2.05, 4.69) is 40.2 Å². The lowest BCUT2D eigenvalue weighted by Gasteiger charge is -2.29. The minimum absolute atomic E-state index is 0.122. The molecule has 0 aliphatic heterocycles. The van der Waals surface area contributed by atoms with Crippen LogP contribution in [0, 0.1) is 5.92 Å². The third-order valence-electron chi connectivity index (χ3n) is 2.80. The Labute approximate surface area is 105 Å². The molecule has 2 atom stereocenters. The lowest BCUT2D eigenvalue weighted by atomic mass is 9.97. The summed E-state index contributed by atoms with van der Waals surface area (Å²) in [7, 11) is 5.63. The van der Waals surface area contributed by atoms with Crippen molar-refractivity contribution in [2.75, 3.05) is 14.2 Å². The number of aryl methyl sites for hydroxylation is 1. The molecule has 5 heteroatoms. The van der Waals surface area contributed by atoms with E-state index in [1.165, 1.54) is 0 Å². The Balaban J connectivity index is 3.06. The molecule has 2 unspecified atom stereocenters. The molecule has 0 aliphatic carbocycles. The highest BCUT2D eigenvalue weighted by molar-refractivity contribution is 9.10. The first-order chi connectivity index (χ1) is 7.52. The van der Waals surface area contributed by atoms with Crippen molar-refractivity contribution in [1.82, 2.24) is 15.1 Å². The van der Waals surface area contributed by atoms with E-state index in [1.807, 2.05) is 25.0 Å². The molecule has 4 nitrogen and oxygen atoms in total. The maximum Gasteiger partial charge on any atom is 0.0804 e. The zero-order valence-electron chi connectivity index (χ0n) is 10.5. The summed E-state index contributed by atoms with van der Waals surface area (Å²) in [5.74, 6) is 0.434. The summed E-state index contributed by atoms with van der Waals surface area (Å²) in [5, 5.41) is 7.54. The highest BCUT2D eigenvalue weighted by Crippen LogP contribution is 2.29. The second-order valence-corrected chi connectivity index (χ2v) is 5.07. The van der Waals surface area contributed by atoms with E-state index >= 15 is 0 Å². The summed E-state index contributed by atoms with van der Waals surface area (Å²) in [6.45, 7) is 4.31. The van der Waals surface area contributed by atoms with Gasteiger partial charge in [-0.25, -0.2) is 0 Å². The highest BCUT2D eigenvalue weighted by atomic mass is 79.9. The quantitative estimate of drug-likeness (QED) is 0.902. The van der Waals surface area contributed by atoms with E-state index in [0.717, 1.165) is 10.2 Å². The van der Waals surface area contributed by atoms with Crippen LogP contribution in [0.4, 0.5) is 0 Å². The largest absolute Gasteiger partial charge is 0.379 e. The fraction of sp³-hybridized carbons (Fsp3) is 0.727. The molecule has 1 heterocycles. The van der Waals surface area contributed by atoms with E-state index < -0.39 is 0 Å². The van der Waals surface area contributed by atoms with Gasteiger partial charge in [-0.05, 0) is 28.9 Å². The van der Waals surface area contributed by atoms with E-state index in [0.29, 0.717) is 5.92 Å². The molecular weight excluding hydrogens is 270 g/mol. The third-order valence-corrected chi connectivity index (χ3v) is 3.41. The Bertz CT molecular complexity index is 318. The number of nitrogens with one attached hydrogen (secondary N) is 1. The average Bonchev–Trinajstić information content (AvgIpc) is 2.55. The topological polar surface area (TPSA) is 39.1 Å². The zero-order valence-corrected chi connectivity index (χ0v) is 12.1. The Morgan fingerprint density at radius 1 is 1.50 bits per heavy atom. The molecule has 0 fully saturated rings. The van der Waals surface area contributed by atoms with Crippen LogP contribution in [0.3, 0.4) is 0 Å². The molecule has 92 valence electrons. The number of aromatic nitrogens is 2. The zero-order chi connectivity index (χ0) is 12.3. The number of nitrogens with zero attached hydrogens (tertiary/aromatic N) is 2. The molecule has 1 aromatic rings. The van der Waals surface area contributed by atoms with E-state index in [-0.39, 0.29) is 12.1 Å². The molecule has 0 aromatic carbocycles. The number of methoxy groups -OCH3 is 1. The van der Waals surface area contributed by atoms with Crippen LogP contribution in [0.5, 0.6) is 0 Å². The van der Waals surface area contributed by atoms with Gasteiger partial charge in [0, 0.05) is 14.2 Å². The fourth-order valence-corrected chi connectivity index (χ4v) is 2.61. The van der Waals surface area contributed by atoms with Crippen LogP contribution in [-0.2, 0) is 11.8 Å². The molecule has 0 saturated heterocycles. The molecule has 16 heavy (non-hydrogen) atoms. The molecule has 0 radical (unpaired) electrons. The third kappa shape index (κ3) is 2.64. The first kappa shape index (κ1) is 13.7. The lowest BCUT2D eigenvalue weighted by Crippen LogP contribution is -2.36. The van der Waals surface area contributed by atoms with Crippen LogP contribution in [0.15, 0.2) is 10.7 Å². The molecule has 1 aromatic heterocycles. The Morgan fingerprint density at radius 3 is 2.44 bits per heavy atom. The molecule has 1 rings (SSSR count). The predicted octanol–water partition coefficient (Wildman–Crippen LogP) is 2.11. The summed E-state index contributed by atoms with van der Waals surface area (Å²) in [6, 6.07) is 0.131. The molecule has 0 bridgehead atoms. The molecule has 0 aliphatic rings. The van der Waals surface area contributed by atoms with Crippen LogP contribution >= 0.6 is 15.9 Å². The predicted molar refractivity (Wildman–Crippen MR) is 68.3 cm³/mol. The van der Waals surface area contributed by atoms with Crippen LogP contribution in [-0.4, -0.2) is 30.0 Å². The van der Waals surface area contributed by atoms with Gasteiger partial charge in [0.15, 0.2) is 0 Å². The number of likely N-dealkylation sites (N-methyl/N-ethyl adjacent to an activating group) is 1. The fourth-order valence-electron chi connectivity index (χ4n) is 2.02. The maximum atomic E-state index is 5.57. The standard InChI is InChI=1S/C11H20BrN3O/c1-7(2)11(16-5)9(13-3)10-8(12)6-14-15(10)4/h6-7,9,11,13H,1-5H3. The minimum atomic E-state index is 0.122. The normalized spacial score (nSPS) is 15.4.